The molecule has 0 saturated carbocycles. The molecule has 6 nitrogen and oxygen atoms in total. The second-order valence-corrected chi connectivity index (χ2v) is 4.87. The molecule has 0 unspecified atom stereocenters. The Morgan fingerprint density at radius 3 is 2.65 bits per heavy atom. The number of aromatic nitrogens is 1. The molecule has 0 radical (unpaired) electrons. The second kappa shape index (κ2) is 6.44. The van der Waals surface area contributed by atoms with Crippen LogP contribution >= 0.6 is 15.9 Å². The summed E-state index contributed by atoms with van der Waals surface area (Å²) in [7, 11) is 1.88. The maximum atomic E-state index is 10.6. The monoisotopic (exact) mass is 337 g/mol. The van der Waals surface area contributed by atoms with Gasteiger partial charge in [-0.15, -0.1) is 0 Å². The first-order valence-corrected chi connectivity index (χ1v) is 6.61. The minimum Gasteiger partial charge on any atom is -0.438 e. The third kappa shape index (κ3) is 3.52. The van der Waals surface area contributed by atoms with Crippen molar-refractivity contribution < 1.29 is 9.66 Å². The number of nitrogens with zero attached hydrogens (tertiary/aromatic N) is 2. The van der Waals surface area contributed by atoms with E-state index in [0.29, 0.717) is 10.2 Å². The molecule has 0 aliphatic rings. The minimum atomic E-state index is -0.506. The Bertz CT molecular complexity index is 617. The van der Waals surface area contributed by atoms with Gasteiger partial charge in [0.25, 0.3) is 5.69 Å². The van der Waals surface area contributed by atoms with Gasteiger partial charge in [0.2, 0.25) is 5.88 Å². The molecule has 20 heavy (non-hydrogen) atoms. The average Bonchev–Trinajstić information content (AvgIpc) is 2.43. The number of rotatable bonds is 5. The lowest BCUT2D eigenvalue weighted by Gasteiger charge is -2.07. The van der Waals surface area contributed by atoms with Gasteiger partial charge < -0.3 is 10.1 Å². The molecule has 104 valence electrons. The fourth-order valence-electron chi connectivity index (χ4n) is 1.58. The van der Waals surface area contributed by atoms with Gasteiger partial charge in [-0.2, -0.15) is 0 Å². The first-order valence-electron chi connectivity index (χ1n) is 5.81. The Hall–Kier alpha value is -1.99. The molecule has 0 spiro atoms. The molecule has 2 rings (SSSR count). The maximum absolute atomic E-state index is 10.6. The summed E-state index contributed by atoms with van der Waals surface area (Å²) in [4.78, 5) is 14.0. The van der Waals surface area contributed by atoms with Crippen molar-refractivity contribution in [2.45, 2.75) is 6.54 Å². The lowest BCUT2D eigenvalue weighted by Crippen LogP contribution is -2.04. The van der Waals surface area contributed by atoms with Crippen LogP contribution in [0.2, 0.25) is 0 Å². The molecule has 1 aromatic heterocycles. The molecule has 1 aromatic carbocycles. The number of pyridine rings is 1. The van der Waals surface area contributed by atoms with Gasteiger partial charge in [0.15, 0.2) is 0 Å². The van der Waals surface area contributed by atoms with Crippen molar-refractivity contribution in [3.05, 3.63) is 56.7 Å². The third-order valence-corrected chi connectivity index (χ3v) is 3.09. The molecule has 1 N–H and O–H groups in total. The zero-order chi connectivity index (χ0) is 14.5. The van der Waals surface area contributed by atoms with Crippen molar-refractivity contribution in [1.82, 2.24) is 10.3 Å². The molecule has 2 aromatic rings. The average molecular weight is 338 g/mol. The normalized spacial score (nSPS) is 10.3. The molecule has 0 aliphatic heterocycles. The number of nitro groups is 1. The van der Waals surface area contributed by atoms with Gasteiger partial charge in [-0.05, 0) is 40.7 Å². The number of ether oxygens (including phenoxy) is 1. The first-order chi connectivity index (χ1) is 9.60. The molecular weight excluding hydrogens is 326 g/mol. The number of hydrogen-bond donors (Lipinski definition) is 1. The molecule has 0 amide bonds. The Morgan fingerprint density at radius 2 is 2.10 bits per heavy atom. The zero-order valence-corrected chi connectivity index (χ0v) is 12.3. The van der Waals surface area contributed by atoms with E-state index in [1.807, 2.05) is 31.3 Å². The molecule has 0 bridgehead atoms. The molecule has 0 saturated heterocycles. The van der Waals surface area contributed by atoms with Gasteiger partial charge >= 0.3 is 0 Å². The highest BCUT2D eigenvalue weighted by molar-refractivity contribution is 9.10. The van der Waals surface area contributed by atoms with Crippen LogP contribution in [0.25, 0.3) is 0 Å². The third-order valence-electron chi connectivity index (χ3n) is 2.52. The van der Waals surface area contributed by atoms with E-state index in [9.17, 15) is 10.1 Å². The quantitative estimate of drug-likeness (QED) is 0.669. The Kier molecular flexibility index (Phi) is 4.65. The van der Waals surface area contributed by atoms with Crippen LogP contribution in [0.15, 0.2) is 41.0 Å². The van der Waals surface area contributed by atoms with Crippen LogP contribution in [-0.2, 0) is 6.54 Å². The highest BCUT2D eigenvalue weighted by Gasteiger charge is 2.12. The molecule has 0 fully saturated rings. The van der Waals surface area contributed by atoms with Gasteiger partial charge in [0, 0.05) is 12.6 Å². The Morgan fingerprint density at radius 1 is 1.40 bits per heavy atom. The topological polar surface area (TPSA) is 77.3 Å². The van der Waals surface area contributed by atoms with Crippen molar-refractivity contribution in [2.75, 3.05) is 7.05 Å². The molecule has 1 heterocycles. The van der Waals surface area contributed by atoms with E-state index < -0.39 is 4.92 Å². The molecular formula is C13H12BrN3O3. The van der Waals surface area contributed by atoms with Crippen LogP contribution < -0.4 is 10.1 Å². The number of halogens is 1. The zero-order valence-electron chi connectivity index (χ0n) is 10.7. The molecule has 0 aliphatic carbocycles. The fourth-order valence-corrected chi connectivity index (χ4v) is 2.00. The van der Waals surface area contributed by atoms with Crippen molar-refractivity contribution in [2.24, 2.45) is 0 Å². The minimum absolute atomic E-state index is 0.0893. The summed E-state index contributed by atoms with van der Waals surface area (Å²) < 4.78 is 6.01. The van der Waals surface area contributed by atoms with E-state index in [4.69, 9.17) is 4.74 Å². The van der Waals surface area contributed by atoms with Gasteiger partial charge in [-0.25, -0.2) is 4.98 Å². The van der Waals surface area contributed by atoms with Crippen molar-refractivity contribution in [3.63, 3.8) is 0 Å². The SMILES string of the molecule is CNCc1ccc(Oc2ncc([N+](=O)[O-])cc2Br)cc1. The maximum Gasteiger partial charge on any atom is 0.288 e. The van der Waals surface area contributed by atoms with Crippen LogP contribution in [0.5, 0.6) is 11.6 Å². The Labute approximate surface area is 124 Å². The van der Waals surface area contributed by atoms with E-state index in [-0.39, 0.29) is 11.6 Å². The van der Waals surface area contributed by atoms with Crippen molar-refractivity contribution >= 4 is 21.6 Å². The summed E-state index contributed by atoms with van der Waals surface area (Å²) >= 11 is 3.21. The summed E-state index contributed by atoms with van der Waals surface area (Å²) in [5.74, 6) is 0.906. The fraction of sp³-hybridized carbons (Fsp3) is 0.154. The summed E-state index contributed by atoms with van der Waals surface area (Å²) in [6.45, 7) is 0.778. The van der Waals surface area contributed by atoms with Crippen LogP contribution in [0.4, 0.5) is 5.69 Å². The van der Waals surface area contributed by atoms with Gasteiger partial charge in [-0.1, -0.05) is 12.1 Å². The highest BCUT2D eigenvalue weighted by Crippen LogP contribution is 2.30. The van der Waals surface area contributed by atoms with Gasteiger partial charge in [0.1, 0.15) is 11.9 Å². The van der Waals surface area contributed by atoms with Crippen molar-refractivity contribution in [1.29, 1.82) is 0 Å². The van der Waals surface area contributed by atoms with Crippen LogP contribution in [0, 0.1) is 10.1 Å². The summed E-state index contributed by atoms with van der Waals surface area (Å²) in [5.41, 5.74) is 1.05. The summed E-state index contributed by atoms with van der Waals surface area (Å²) in [6.07, 6.45) is 1.16. The molecule has 7 heteroatoms. The summed E-state index contributed by atoms with van der Waals surface area (Å²) in [6, 6.07) is 8.87. The van der Waals surface area contributed by atoms with E-state index >= 15 is 0 Å². The van der Waals surface area contributed by atoms with E-state index in [2.05, 4.69) is 26.2 Å². The first kappa shape index (κ1) is 14.4. The van der Waals surface area contributed by atoms with Crippen molar-refractivity contribution in [3.8, 4) is 11.6 Å². The smallest absolute Gasteiger partial charge is 0.288 e. The van der Waals surface area contributed by atoms with E-state index in [1.165, 1.54) is 6.07 Å². The van der Waals surface area contributed by atoms with Crippen LogP contribution in [0.3, 0.4) is 0 Å². The number of nitrogens with one attached hydrogen (secondary N) is 1. The van der Waals surface area contributed by atoms with Gasteiger partial charge in [0.05, 0.1) is 9.40 Å². The second-order valence-electron chi connectivity index (χ2n) is 4.01. The number of benzene rings is 1. The predicted octanol–water partition coefficient (Wildman–Crippen LogP) is 3.26. The van der Waals surface area contributed by atoms with E-state index in [1.54, 1.807) is 0 Å². The lowest BCUT2D eigenvalue weighted by atomic mass is 10.2. The lowest BCUT2D eigenvalue weighted by molar-refractivity contribution is -0.385. The summed E-state index contributed by atoms with van der Waals surface area (Å²) in [5, 5.41) is 13.7. The highest BCUT2D eigenvalue weighted by atomic mass is 79.9. The Balaban J connectivity index is 2.15. The van der Waals surface area contributed by atoms with Gasteiger partial charge in [-0.3, -0.25) is 10.1 Å². The van der Waals surface area contributed by atoms with E-state index in [0.717, 1.165) is 18.3 Å². The predicted molar refractivity (Wildman–Crippen MR) is 77.9 cm³/mol. The standard InChI is InChI=1S/C13H12BrN3O3/c1-15-7-9-2-4-11(5-3-9)20-13-12(14)6-10(8-16-13)17(18)19/h2-6,8,15H,7H2,1H3. The van der Waals surface area contributed by atoms with Crippen LogP contribution in [-0.4, -0.2) is 17.0 Å². The number of hydrogen-bond acceptors (Lipinski definition) is 5. The molecule has 0 atom stereocenters. The largest absolute Gasteiger partial charge is 0.438 e. The van der Waals surface area contributed by atoms with Crippen LogP contribution in [0.1, 0.15) is 5.56 Å².